The van der Waals surface area contributed by atoms with Crippen LogP contribution in [0.1, 0.15) is 50.9 Å². The maximum atomic E-state index is 6.53. The highest BCUT2D eigenvalue weighted by Gasteiger charge is 2.26. The number of nitrogens with zero attached hydrogens (tertiary/aromatic N) is 2. The van der Waals surface area contributed by atoms with Crippen molar-refractivity contribution in [3.8, 4) is 0 Å². The molecule has 20 heavy (non-hydrogen) atoms. The van der Waals surface area contributed by atoms with E-state index in [0.717, 1.165) is 28.4 Å². The molecule has 0 bridgehead atoms. The molecule has 1 aromatic carbocycles. The first kappa shape index (κ1) is 13.9. The van der Waals surface area contributed by atoms with Crippen LogP contribution in [0, 0.1) is 5.92 Å². The van der Waals surface area contributed by atoms with Gasteiger partial charge in [-0.2, -0.15) is 0 Å². The van der Waals surface area contributed by atoms with Crippen LogP contribution >= 0.6 is 11.6 Å². The van der Waals surface area contributed by atoms with E-state index in [0.29, 0.717) is 5.92 Å². The van der Waals surface area contributed by atoms with E-state index in [1.807, 2.05) is 18.2 Å². The van der Waals surface area contributed by atoms with Crippen molar-refractivity contribution in [1.82, 2.24) is 9.55 Å². The molecule has 0 amide bonds. The number of hydrogen-bond acceptors (Lipinski definition) is 2. The number of hydrogen-bond donors (Lipinski definition) is 1. The highest BCUT2D eigenvalue weighted by Crippen LogP contribution is 2.34. The molecule has 0 spiro atoms. The Kier molecular flexibility index (Phi) is 3.99. The van der Waals surface area contributed by atoms with Gasteiger partial charge in [0, 0.05) is 11.6 Å². The zero-order chi connectivity index (χ0) is 14.1. The number of aromatic nitrogens is 2. The van der Waals surface area contributed by atoms with Crippen LogP contribution in [0.25, 0.3) is 11.0 Å². The summed E-state index contributed by atoms with van der Waals surface area (Å²) < 4.78 is 2.22. The van der Waals surface area contributed by atoms with Gasteiger partial charge in [0.1, 0.15) is 5.82 Å². The minimum atomic E-state index is 0.0430. The summed E-state index contributed by atoms with van der Waals surface area (Å²) >= 11 is 6.11. The Morgan fingerprint density at radius 2 is 2.10 bits per heavy atom. The molecule has 2 N–H and O–H groups in total. The van der Waals surface area contributed by atoms with Gasteiger partial charge in [0.05, 0.1) is 17.1 Å². The molecule has 3 nitrogen and oxygen atoms in total. The monoisotopic (exact) mass is 291 g/mol. The summed E-state index contributed by atoms with van der Waals surface area (Å²) in [6.45, 7) is 3.02. The summed E-state index contributed by atoms with van der Waals surface area (Å²) in [5, 5.41) is 0.755. The molecular formula is C16H22ClN3. The van der Waals surface area contributed by atoms with E-state index in [9.17, 15) is 0 Å². The van der Waals surface area contributed by atoms with E-state index in [1.54, 1.807) is 0 Å². The Balaban J connectivity index is 2.01. The Morgan fingerprint density at radius 1 is 1.35 bits per heavy atom. The normalized spacial score (nSPS) is 18.6. The number of imidazole rings is 1. The molecule has 108 valence electrons. The van der Waals surface area contributed by atoms with Gasteiger partial charge in [-0.15, -0.1) is 0 Å². The van der Waals surface area contributed by atoms with Crippen LogP contribution in [0.15, 0.2) is 18.2 Å². The SMILES string of the molecule is CCn1c(C(N)C2CCCCC2)nc2ccc(Cl)cc21. The van der Waals surface area contributed by atoms with Gasteiger partial charge in [0.25, 0.3) is 0 Å². The first-order valence-corrected chi connectivity index (χ1v) is 7.99. The average molecular weight is 292 g/mol. The van der Waals surface area contributed by atoms with Crippen molar-refractivity contribution in [2.24, 2.45) is 11.7 Å². The molecule has 1 atom stereocenters. The summed E-state index contributed by atoms with van der Waals surface area (Å²) in [6.07, 6.45) is 6.42. The average Bonchev–Trinajstić information content (AvgIpc) is 2.85. The molecule has 1 saturated carbocycles. The molecule has 3 rings (SSSR count). The third-order valence-electron chi connectivity index (χ3n) is 4.51. The molecule has 0 saturated heterocycles. The minimum Gasteiger partial charge on any atom is -0.327 e. The summed E-state index contributed by atoms with van der Waals surface area (Å²) in [5.41, 5.74) is 8.63. The quantitative estimate of drug-likeness (QED) is 0.917. The van der Waals surface area contributed by atoms with E-state index in [4.69, 9.17) is 22.3 Å². The lowest BCUT2D eigenvalue weighted by Crippen LogP contribution is -2.26. The van der Waals surface area contributed by atoms with Crippen molar-refractivity contribution in [3.05, 3.63) is 29.0 Å². The maximum Gasteiger partial charge on any atom is 0.127 e. The van der Waals surface area contributed by atoms with E-state index in [2.05, 4.69) is 11.5 Å². The van der Waals surface area contributed by atoms with E-state index >= 15 is 0 Å². The van der Waals surface area contributed by atoms with Gasteiger partial charge >= 0.3 is 0 Å². The number of aryl methyl sites for hydroxylation is 1. The highest BCUT2D eigenvalue weighted by atomic mass is 35.5. The Morgan fingerprint density at radius 3 is 2.80 bits per heavy atom. The summed E-state index contributed by atoms with van der Waals surface area (Å²) in [5.74, 6) is 1.60. The number of halogens is 1. The largest absolute Gasteiger partial charge is 0.327 e. The second-order valence-corrected chi connectivity index (χ2v) is 6.21. The van der Waals surface area contributed by atoms with Gasteiger partial charge < -0.3 is 10.3 Å². The van der Waals surface area contributed by atoms with Crippen LogP contribution in [0.2, 0.25) is 5.02 Å². The van der Waals surface area contributed by atoms with Crippen LogP contribution in [-0.2, 0) is 6.54 Å². The predicted molar refractivity (Wildman–Crippen MR) is 83.9 cm³/mol. The number of fused-ring (bicyclic) bond motifs is 1. The van der Waals surface area contributed by atoms with Gasteiger partial charge in [-0.1, -0.05) is 30.9 Å². The van der Waals surface area contributed by atoms with E-state index < -0.39 is 0 Å². The lowest BCUT2D eigenvalue weighted by atomic mass is 9.84. The molecule has 1 fully saturated rings. The first-order chi connectivity index (χ1) is 9.70. The molecule has 1 aromatic heterocycles. The Hall–Kier alpha value is -1.06. The third-order valence-corrected chi connectivity index (χ3v) is 4.75. The van der Waals surface area contributed by atoms with Crippen molar-refractivity contribution in [1.29, 1.82) is 0 Å². The van der Waals surface area contributed by atoms with Gasteiger partial charge in [0.15, 0.2) is 0 Å². The van der Waals surface area contributed by atoms with Crippen molar-refractivity contribution in [2.75, 3.05) is 0 Å². The topological polar surface area (TPSA) is 43.8 Å². The second-order valence-electron chi connectivity index (χ2n) is 5.77. The van der Waals surface area contributed by atoms with Crippen LogP contribution in [0.3, 0.4) is 0 Å². The van der Waals surface area contributed by atoms with Crippen LogP contribution in [0.5, 0.6) is 0 Å². The molecule has 2 aromatic rings. The Bertz CT molecular complexity index is 599. The summed E-state index contributed by atoms with van der Waals surface area (Å²) in [4.78, 5) is 4.78. The highest BCUT2D eigenvalue weighted by molar-refractivity contribution is 6.31. The minimum absolute atomic E-state index is 0.0430. The van der Waals surface area contributed by atoms with Crippen LogP contribution < -0.4 is 5.73 Å². The molecular weight excluding hydrogens is 270 g/mol. The zero-order valence-electron chi connectivity index (χ0n) is 12.0. The standard InChI is InChI=1S/C16H22ClN3/c1-2-20-14-10-12(17)8-9-13(14)19-16(20)15(18)11-6-4-3-5-7-11/h8-11,15H,2-7,18H2,1H3. The molecule has 0 radical (unpaired) electrons. The fourth-order valence-electron chi connectivity index (χ4n) is 3.41. The van der Waals surface area contributed by atoms with Crippen LogP contribution in [-0.4, -0.2) is 9.55 Å². The number of rotatable bonds is 3. The smallest absolute Gasteiger partial charge is 0.127 e. The molecule has 1 aliphatic carbocycles. The summed E-state index contributed by atoms with van der Waals surface area (Å²) in [7, 11) is 0. The molecule has 1 heterocycles. The first-order valence-electron chi connectivity index (χ1n) is 7.62. The van der Waals surface area contributed by atoms with Crippen molar-refractivity contribution in [2.45, 2.75) is 51.6 Å². The summed E-state index contributed by atoms with van der Waals surface area (Å²) in [6, 6.07) is 5.92. The lowest BCUT2D eigenvalue weighted by Gasteiger charge is -2.27. The molecule has 1 unspecified atom stereocenters. The maximum absolute atomic E-state index is 6.53. The number of benzene rings is 1. The van der Waals surface area contributed by atoms with Crippen molar-refractivity contribution >= 4 is 22.6 Å². The predicted octanol–water partition coefficient (Wildman–Crippen LogP) is 4.29. The second kappa shape index (κ2) is 5.74. The van der Waals surface area contributed by atoms with Gasteiger partial charge in [-0.3, -0.25) is 0 Å². The van der Waals surface area contributed by atoms with Gasteiger partial charge in [-0.25, -0.2) is 4.98 Å². The van der Waals surface area contributed by atoms with Gasteiger partial charge in [-0.05, 0) is 43.9 Å². The molecule has 0 aliphatic heterocycles. The zero-order valence-corrected chi connectivity index (χ0v) is 12.7. The lowest BCUT2D eigenvalue weighted by molar-refractivity contribution is 0.297. The third kappa shape index (κ3) is 2.45. The van der Waals surface area contributed by atoms with Crippen LogP contribution in [0.4, 0.5) is 0 Å². The van der Waals surface area contributed by atoms with E-state index in [-0.39, 0.29) is 6.04 Å². The fourth-order valence-corrected chi connectivity index (χ4v) is 3.57. The van der Waals surface area contributed by atoms with E-state index in [1.165, 1.54) is 32.1 Å². The molecule has 4 heteroatoms. The Labute approximate surface area is 125 Å². The number of nitrogens with two attached hydrogens (primary N) is 1. The fraction of sp³-hybridized carbons (Fsp3) is 0.562. The van der Waals surface area contributed by atoms with Gasteiger partial charge in [0.2, 0.25) is 0 Å². The van der Waals surface area contributed by atoms with Crippen molar-refractivity contribution < 1.29 is 0 Å². The van der Waals surface area contributed by atoms with Crippen molar-refractivity contribution in [3.63, 3.8) is 0 Å². The molecule has 1 aliphatic rings.